The molecule has 0 amide bonds. The van der Waals surface area contributed by atoms with Gasteiger partial charge < -0.3 is 10.1 Å². The third kappa shape index (κ3) is 3.28. The molecule has 0 bridgehead atoms. The maximum absolute atomic E-state index is 12.3. The Morgan fingerprint density at radius 3 is 2.79 bits per heavy atom. The van der Waals surface area contributed by atoms with Gasteiger partial charge in [0, 0.05) is 11.4 Å². The van der Waals surface area contributed by atoms with E-state index in [0.717, 1.165) is 16.1 Å². The van der Waals surface area contributed by atoms with Gasteiger partial charge in [-0.2, -0.15) is 4.98 Å². The van der Waals surface area contributed by atoms with Crippen LogP contribution in [0.4, 0.5) is 14.7 Å². The Hall–Kier alpha value is -1.50. The zero-order valence-electron chi connectivity index (χ0n) is 10.7. The fraction of sp³-hybridized carbons (Fsp3) is 0.500. The van der Waals surface area contributed by atoms with Crippen LogP contribution in [0.1, 0.15) is 18.7 Å². The number of rotatable bonds is 6. The van der Waals surface area contributed by atoms with Crippen LogP contribution in [0, 0.1) is 0 Å². The highest BCUT2D eigenvalue weighted by atomic mass is 32.1. The van der Waals surface area contributed by atoms with E-state index in [4.69, 9.17) is 4.74 Å². The van der Waals surface area contributed by atoms with Crippen molar-refractivity contribution in [3.8, 4) is 5.88 Å². The molecule has 0 saturated carbocycles. The van der Waals surface area contributed by atoms with Crippen molar-refractivity contribution < 1.29 is 13.5 Å². The molecule has 0 aliphatic rings. The molecule has 2 aromatic rings. The summed E-state index contributed by atoms with van der Waals surface area (Å²) in [7, 11) is 0. The number of aromatic nitrogens is 2. The maximum atomic E-state index is 12.3. The van der Waals surface area contributed by atoms with Crippen molar-refractivity contribution >= 4 is 27.5 Å². The number of hydrogen-bond acceptors (Lipinski definition) is 5. The third-order valence-electron chi connectivity index (χ3n) is 2.44. The third-order valence-corrected chi connectivity index (χ3v) is 3.61. The van der Waals surface area contributed by atoms with Crippen molar-refractivity contribution in [1.82, 2.24) is 9.97 Å². The van der Waals surface area contributed by atoms with Gasteiger partial charge in [-0.1, -0.05) is 6.92 Å². The Bertz CT molecular complexity index is 559. The number of nitrogens with one attached hydrogen (secondary N) is 1. The summed E-state index contributed by atoms with van der Waals surface area (Å²) in [4.78, 5) is 10.4. The molecular formula is C12H15F2N3OS. The normalized spacial score (nSPS) is 11.2. The average molecular weight is 287 g/mol. The van der Waals surface area contributed by atoms with Gasteiger partial charge in [0.05, 0.1) is 5.39 Å². The van der Waals surface area contributed by atoms with Gasteiger partial charge in [0.1, 0.15) is 4.83 Å². The van der Waals surface area contributed by atoms with Crippen molar-refractivity contribution in [2.24, 2.45) is 0 Å². The maximum Gasteiger partial charge on any atom is 0.272 e. The van der Waals surface area contributed by atoms with Crippen LogP contribution in [0.15, 0.2) is 6.07 Å². The summed E-state index contributed by atoms with van der Waals surface area (Å²) in [5, 5.41) is 3.67. The highest BCUT2D eigenvalue weighted by Crippen LogP contribution is 2.31. The first-order valence-electron chi connectivity index (χ1n) is 6.09. The summed E-state index contributed by atoms with van der Waals surface area (Å²) in [6.45, 7) is 3.95. The van der Waals surface area contributed by atoms with Crippen LogP contribution in [-0.2, 0) is 6.42 Å². The number of nitrogens with zero attached hydrogens (tertiary/aromatic N) is 2. The van der Waals surface area contributed by atoms with E-state index in [9.17, 15) is 8.78 Å². The molecule has 0 unspecified atom stereocenters. The van der Waals surface area contributed by atoms with E-state index in [1.165, 1.54) is 11.3 Å². The fourth-order valence-electron chi connectivity index (χ4n) is 1.61. The number of anilines is 1. The first kappa shape index (κ1) is 13.9. The number of thiophene rings is 1. The summed E-state index contributed by atoms with van der Waals surface area (Å²) in [5.74, 6) is 0.626. The van der Waals surface area contributed by atoms with E-state index < -0.39 is 13.0 Å². The number of ether oxygens (including phenoxy) is 1. The summed E-state index contributed by atoms with van der Waals surface area (Å²) in [6, 6.07) is 1.90. The second-order valence-corrected chi connectivity index (χ2v) is 4.99. The second-order valence-electron chi connectivity index (χ2n) is 3.87. The second kappa shape index (κ2) is 6.10. The standard InChI is InChI=1S/C12H15F2N3OS/c1-3-7-5-8-10(18-6-9(13)14)16-12(15-4-2)17-11(8)19-7/h5,9H,3-4,6H2,1-2H3,(H,15,16,17). The van der Waals surface area contributed by atoms with Crippen LogP contribution in [0.3, 0.4) is 0 Å². The van der Waals surface area contributed by atoms with Crippen molar-refractivity contribution in [1.29, 1.82) is 0 Å². The average Bonchev–Trinajstić information content (AvgIpc) is 2.79. The number of alkyl halides is 2. The molecule has 0 spiro atoms. The Morgan fingerprint density at radius 2 is 2.16 bits per heavy atom. The molecule has 7 heteroatoms. The number of aryl methyl sites for hydroxylation is 1. The van der Waals surface area contributed by atoms with Gasteiger partial charge in [0.2, 0.25) is 11.8 Å². The number of halogens is 2. The molecule has 0 radical (unpaired) electrons. The van der Waals surface area contributed by atoms with Gasteiger partial charge in [0.25, 0.3) is 6.43 Å². The molecule has 19 heavy (non-hydrogen) atoms. The molecule has 0 fully saturated rings. The molecule has 4 nitrogen and oxygen atoms in total. The Kier molecular flexibility index (Phi) is 4.47. The van der Waals surface area contributed by atoms with E-state index in [1.807, 2.05) is 19.9 Å². The lowest BCUT2D eigenvalue weighted by Gasteiger charge is -2.08. The van der Waals surface area contributed by atoms with Crippen molar-refractivity contribution in [3.63, 3.8) is 0 Å². The van der Waals surface area contributed by atoms with Crippen molar-refractivity contribution in [3.05, 3.63) is 10.9 Å². The molecule has 2 rings (SSSR count). The van der Waals surface area contributed by atoms with Gasteiger partial charge in [0.15, 0.2) is 6.61 Å². The minimum atomic E-state index is -2.52. The molecule has 2 aromatic heterocycles. The smallest absolute Gasteiger partial charge is 0.272 e. The molecule has 0 aliphatic heterocycles. The highest BCUT2D eigenvalue weighted by molar-refractivity contribution is 7.18. The van der Waals surface area contributed by atoms with E-state index in [-0.39, 0.29) is 5.88 Å². The quantitative estimate of drug-likeness (QED) is 0.885. The van der Waals surface area contributed by atoms with Crippen LogP contribution in [-0.4, -0.2) is 29.5 Å². The van der Waals surface area contributed by atoms with E-state index >= 15 is 0 Å². The highest BCUT2D eigenvalue weighted by Gasteiger charge is 2.14. The van der Waals surface area contributed by atoms with Crippen LogP contribution in [0.5, 0.6) is 5.88 Å². The van der Waals surface area contributed by atoms with Gasteiger partial charge in [-0.05, 0) is 19.4 Å². The van der Waals surface area contributed by atoms with Crippen molar-refractivity contribution in [2.45, 2.75) is 26.7 Å². The van der Waals surface area contributed by atoms with Gasteiger partial charge >= 0.3 is 0 Å². The predicted octanol–water partition coefficient (Wildman–Crippen LogP) is 3.33. The first-order chi connectivity index (χ1) is 9.13. The Balaban J connectivity index is 2.41. The molecule has 0 aromatic carbocycles. The van der Waals surface area contributed by atoms with Gasteiger partial charge in [-0.3, -0.25) is 0 Å². The monoisotopic (exact) mass is 287 g/mol. The van der Waals surface area contributed by atoms with Crippen LogP contribution in [0.25, 0.3) is 10.2 Å². The molecule has 2 heterocycles. The molecule has 104 valence electrons. The minimum absolute atomic E-state index is 0.220. The van der Waals surface area contributed by atoms with E-state index in [1.54, 1.807) is 0 Å². The summed E-state index contributed by atoms with van der Waals surface area (Å²) in [5.41, 5.74) is 0. The summed E-state index contributed by atoms with van der Waals surface area (Å²) < 4.78 is 29.6. The summed E-state index contributed by atoms with van der Waals surface area (Å²) >= 11 is 1.53. The van der Waals surface area contributed by atoms with Gasteiger partial charge in [-0.25, -0.2) is 13.8 Å². The summed E-state index contributed by atoms with van der Waals surface area (Å²) in [6.07, 6.45) is -1.65. The lowest BCUT2D eigenvalue weighted by atomic mass is 10.3. The molecule has 0 saturated heterocycles. The largest absolute Gasteiger partial charge is 0.471 e. The zero-order valence-corrected chi connectivity index (χ0v) is 11.6. The van der Waals surface area contributed by atoms with Crippen molar-refractivity contribution in [2.75, 3.05) is 18.5 Å². The molecular weight excluding hydrogens is 272 g/mol. The van der Waals surface area contributed by atoms with E-state index in [0.29, 0.717) is 17.9 Å². The minimum Gasteiger partial charge on any atom is -0.471 e. The fourth-order valence-corrected chi connectivity index (χ4v) is 2.57. The molecule has 0 atom stereocenters. The zero-order chi connectivity index (χ0) is 13.8. The lowest BCUT2D eigenvalue weighted by molar-refractivity contribution is 0.0805. The van der Waals surface area contributed by atoms with Crippen LogP contribution >= 0.6 is 11.3 Å². The predicted molar refractivity (Wildman–Crippen MR) is 72.5 cm³/mol. The van der Waals surface area contributed by atoms with Crippen LogP contribution in [0.2, 0.25) is 0 Å². The van der Waals surface area contributed by atoms with Gasteiger partial charge in [-0.15, -0.1) is 11.3 Å². The Morgan fingerprint density at radius 1 is 1.37 bits per heavy atom. The van der Waals surface area contributed by atoms with E-state index in [2.05, 4.69) is 15.3 Å². The Labute approximate surface area is 113 Å². The SMILES string of the molecule is CCNc1nc(OCC(F)F)c2cc(CC)sc2n1. The number of hydrogen-bond donors (Lipinski definition) is 1. The number of fused-ring (bicyclic) bond motifs is 1. The van der Waals surface area contributed by atoms with Crippen LogP contribution < -0.4 is 10.1 Å². The molecule has 1 N–H and O–H groups in total. The topological polar surface area (TPSA) is 47.0 Å². The first-order valence-corrected chi connectivity index (χ1v) is 6.91. The lowest BCUT2D eigenvalue weighted by Crippen LogP contribution is -2.10. The molecule has 0 aliphatic carbocycles.